The summed E-state index contributed by atoms with van der Waals surface area (Å²) in [7, 11) is -4.72. The summed E-state index contributed by atoms with van der Waals surface area (Å²) in [5.74, 6) is 1.08. The van der Waals surface area contributed by atoms with Crippen LogP contribution in [-0.2, 0) is 19.4 Å². The molecule has 166 valence electrons. The Balaban J connectivity index is 1.56. The second-order valence-corrected chi connectivity index (χ2v) is 11.6. The van der Waals surface area contributed by atoms with E-state index >= 15 is 0 Å². The van der Waals surface area contributed by atoms with Crippen molar-refractivity contribution in [1.29, 1.82) is 0 Å². The molecule has 0 saturated heterocycles. The summed E-state index contributed by atoms with van der Waals surface area (Å²) in [6.07, 6.45) is 7.45. The van der Waals surface area contributed by atoms with Crippen LogP contribution in [-0.4, -0.2) is 47.3 Å². The average molecular weight is 431 g/mol. The number of hydrogen-bond acceptors (Lipinski definition) is 6. The zero-order chi connectivity index (χ0) is 21.2. The molecule has 0 unspecified atom stereocenters. The van der Waals surface area contributed by atoms with Crippen LogP contribution in [0.15, 0.2) is 0 Å². The Kier molecular flexibility index (Phi) is 5.22. The Bertz CT molecular complexity index is 782. The van der Waals surface area contributed by atoms with Gasteiger partial charge in [-0.1, -0.05) is 13.8 Å². The topological polar surface area (TPSA) is 121 Å². The van der Waals surface area contributed by atoms with Crippen LogP contribution in [0.3, 0.4) is 0 Å². The fraction of sp³-hybridized carbons (Fsp3) is 0.952. The first-order valence-electron chi connectivity index (χ1n) is 11.0. The van der Waals surface area contributed by atoms with Gasteiger partial charge in [-0.3, -0.25) is 9.35 Å². The van der Waals surface area contributed by atoms with E-state index in [-0.39, 0.29) is 17.4 Å². The van der Waals surface area contributed by atoms with Gasteiger partial charge in [-0.2, -0.15) is 8.42 Å². The van der Waals surface area contributed by atoms with Gasteiger partial charge in [0, 0.05) is 5.41 Å². The normalized spacial score (nSPS) is 49.8. The fourth-order valence-electron chi connectivity index (χ4n) is 7.96. The Hall–Kier alpha value is -0.540. The van der Waals surface area contributed by atoms with Crippen molar-refractivity contribution in [3.05, 3.63) is 0 Å². The van der Waals surface area contributed by atoms with Crippen LogP contribution in [0.25, 0.3) is 0 Å². The summed E-state index contributed by atoms with van der Waals surface area (Å²) in [6, 6.07) is 0. The molecular weight excluding hydrogens is 396 g/mol. The van der Waals surface area contributed by atoms with Crippen molar-refractivity contribution in [2.45, 2.75) is 83.3 Å². The van der Waals surface area contributed by atoms with Crippen LogP contribution in [0.2, 0.25) is 0 Å². The smallest absolute Gasteiger partial charge is 0.393 e. The second kappa shape index (κ2) is 6.99. The molecule has 0 radical (unpaired) electrons. The Morgan fingerprint density at radius 2 is 1.72 bits per heavy atom. The lowest BCUT2D eigenvalue weighted by Gasteiger charge is -2.61. The van der Waals surface area contributed by atoms with Crippen LogP contribution in [0.5, 0.6) is 0 Å². The predicted molar refractivity (Wildman–Crippen MR) is 105 cm³/mol. The molecular formula is C21H34O7S. The van der Waals surface area contributed by atoms with E-state index in [9.17, 15) is 23.4 Å². The lowest BCUT2D eigenvalue weighted by molar-refractivity contribution is -0.173. The zero-order valence-corrected chi connectivity index (χ0v) is 18.2. The van der Waals surface area contributed by atoms with Gasteiger partial charge >= 0.3 is 10.4 Å². The Morgan fingerprint density at radius 3 is 2.41 bits per heavy atom. The Labute approximate surface area is 173 Å². The molecule has 0 heterocycles. The number of aliphatic hydroxyl groups is 2. The average Bonchev–Trinajstić information content (AvgIpc) is 2.92. The lowest BCUT2D eigenvalue weighted by Crippen LogP contribution is -2.59. The minimum absolute atomic E-state index is 0.185. The van der Waals surface area contributed by atoms with Gasteiger partial charge in [0.1, 0.15) is 12.2 Å². The first-order chi connectivity index (χ1) is 13.4. The number of hydrogen-bond donors (Lipinski definition) is 3. The van der Waals surface area contributed by atoms with Crippen molar-refractivity contribution in [1.82, 2.24) is 0 Å². The molecule has 0 amide bonds. The van der Waals surface area contributed by atoms with Crippen molar-refractivity contribution < 1.29 is 32.2 Å². The number of carbonyl (C=O) groups is 1. The molecule has 4 aliphatic carbocycles. The van der Waals surface area contributed by atoms with Gasteiger partial charge in [0.2, 0.25) is 0 Å². The molecule has 8 atom stereocenters. The van der Waals surface area contributed by atoms with E-state index < -0.39 is 33.8 Å². The minimum atomic E-state index is -4.72. The number of carbonyl (C=O) groups excluding carboxylic acids is 1. The Morgan fingerprint density at radius 1 is 1.03 bits per heavy atom. The van der Waals surface area contributed by atoms with Gasteiger partial charge < -0.3 is 10.2 Å². The molecule has 0 aromatic heterocycles. The highest BCUT2D eigenvalue weighted by Crippen LogP contribution is 2.68. The van der Waals surface area contributed by atoms with E-state index in [2.05, 4.69) is 11.1 Å². The maximum absolute atomic E-state index is 12.8. The number of fused-ring (bicyclic) bond motifs is 5. The third-order valence-electron chi connectivity index (χ3n) is 9.59. The van der Waals surface area contributed by atoms with Crippen LogP contribution < -0.4 is 0 Å². The first kappa shape index (κ1) is 21.7. The molecule has 29 heavy (non-hydrogen) atoms. The summed E-state index contributed by atoms with van der Waals surface area (Å²) in [5.41, 5.74) is -2.01. The van der Waals surface area contributed by atoms with E-state index in [1.165, 1.54) is 0 Å². The monoisotopic (exact) mass is 430 g/mol. The van der Waals surface area contributed by atoms with Crippen molar-refractivity contribution in [2.24, 2.45) is 34.5 Å². The quantitative estimate of drug-likeness (QED) is 0.586. The van der Waals surface area contributed by atoms with Gasteiger partial charge in [-0.25, -0.2) is 4.18 Å². The third-order valence-corrected chi connectivity index (χ3v) is 10.0. The maximum atomic E-state index is 12.8. The summed E-state index contributed by atoms with van der Waals surface area (Å²) >= 11 is 0. The molecule has 0 aromatic rings. The molecule has 4 saturated carbocycles. The summed E-state index contributed by atoms with van der Waals surface area (Å²) in [5, 5.41) is 21.5. The van der Waals surface area contributed by atoms with Gasteiger partial charge in [-0.15, -0.1) is 0 Å². The number of Topliss-reactive ketones (excluding diaryl/α,β-unsaturated/α-hetero) is 1. The van der Waals surface area contributed by atoms with Gasteiger partial charge in [-0.05, 0) is 86.9 Å². The molecule has 3 N–H and O–H groups in total. The summed E-state index contributed by atoms with van der Waals surface area (Å²) in [6.45, 7) is 3.53. The van der Waals surface area contributed by atoms with E-state index in [0.29, 0.717) is 24.2 Å². The molecule has 8 heteroatoms. The molecule has 4 fully saturated rings. The van der Waals surface area contributed by atoms with Gasteiger partial charge in [0.15, 0.2) is 5.78 Å². The molecule has 0 bridgehead atoms. The SMILES string of the molecule is C[C@]12CC[C@@H](O)C[C@@H]1CC[C@@H]1[C@@H]2CC[C@@]2(C)[C@H]1CC[C@]2(O)C(=O)COS(=O)(=O)O. The maximum Gasteiger partial charge on any atom is 0.397 e. The van der Waals surface area contributed by atoms with Crippen LogP contribution in [0.1, 0.15) is 71.6 Å². The van der Waals surface area contributed by atoms with E-state index in [1.54, 1.807) is 0 Å². The lowest BCUT2D eigenvalue weighted by atomic mass is 9.44. The second-order valence-electron chi connectivity index (χ2n) is 10.6. The molecule has 4 aliphatic rings. The number of aliphatic hydroxyl groups excluding tert-OH is 1. The number of ketones is 1. The van der Waals surface area contributed by atoms with Crippen molar-refractivity contribution >= 4 is 16.2 Å². The predicted octanol–water partition coefficient (Wildman–Crippen LogP) is 2.51. The van der Waals surface area contributed by atoms with Crippen LogP contribution in [0, 0.1) is 34.5 Å². The summed E-state index contributed by atoms with van der Waals surface area (Å²) < 4.78 is 34.8. The standard InChI is InChI=1S/C21H34O7S/c1-19-8-5-14(22)11-13(19)3-4-15-16(19)6-9-20(2)17(15)7-10-21(20,24)18(23)12-28-29(25,26)27/h13-17,22,24H,3-12H2,1-2H3,(H,25,26,27)/t13-,14+,15+,16-,17-,19-,20-,21-/m0/s1. The zero-order valence-electron chi connectivity index (χ0n) is 17.3. The van der Waals surface area contributed by atoms with Gasteiger partial charge in [0.05, 0.1) is 6.10 Å². The van der Waals surface area contributed by atoms with Crippen molar-refractivity contribution in [3.8, 4) is 0 Å². The fourth-order valence-corrected chi connectivity index (χ4v) is 8.21. The number of rotatable bonds is 4. The van der Waals surface area contributed by atoms with Crippen molar-refractivity contribution in [3.63, 3.8) is 0 Å². The van der Waals surface area contributed by atoms with E-state index in [0.717, 1.165) is 51.4 Å². The van der Waals surface area contributed by atoms with E-state index in [4.69, 9.17) is 4.55 Å². The van der Waals surface area contributed by atoms with Crippen LogP contribution in [0.4, 0.5) is 0 Å². The molecule has 7 nitrogen and oxygen atoms in total. The molecule has 0 aliphatic heterocycles. The molecule has 0 spiro atoms. The third kappa shape index (κ3) is 3.30. The van der Waals surface area contributed by atoms with Crippen molar-refractivity contribution in [2.75, 3.05) is 6.61 Å². The largest absolute Gasteiger partial charge is 0.397 e. The molecule has 0 aromatic carbocycles. The van der Waals surface area contributed by atoms with Gasteiger partial charge in [0.25, 0.3) is 0 Å². The summed E-state index contributed by atoms with van der Waals surface area (Å²) in [4.78, 5) is 12.8. The molecule has 4 rings (SSSR count). The highest BCUT2D eigenvalue weighted by atomic mass is 32.3. The first-order valence-corrected chi connectivity index (χ1v) is 12.3. The minimum Gasteiger partial charge on any atom is -0.393 e. The highest BCUT2D eigenvalue weighted by molar-refractivity contribution is 7.80. The van der Waals surface area contributed by atoms with Crippen LogP contribution >= 0.6 is 0 Å². The highest BCUT2D eigenvalue weighted by Gasteiger charge is 2.66. The van der Waals surface area contributed by atoms with E-state index in [1.807, 2.05) is 6.92 Å².